The number of aliphatic hydroxyl groups is 1. The lowest BCUT2D eigenvalue weighted by Crippen LogP contribution is -2.50. The summed E-state index contributed by atoms with van der Waals surface area (Å²) in [5, 5.41) is 12.0. The molecule has 1 rings (SSSR count). The summed E-state index contributed by atoms with van der Waals surface area (Å²) in [6.45, 7) is 4.92. The van der Waals surface area contributed by atoms with Gasteiger partial charge >= 0.3 is 0 Å². The molecule has 1 fully saturated rings. The van der Waals surface area contributed by atoms with Gasteiger partial charge in [0.15, 0.2) is 0 Å². The second-order valence-electron chi connectivity index (χ2n) is 3.78. The Morgan fingerprint density at radius 1 is 1.77 bits per heavy atom. The smallest absolute Gasteiger partial charge is 0.249 e. The van der Waals surface area contributed by atoms with Gasteiger partial charge in [-0.2, -0.15) is 0 Å². The summed E-state index contributed by atoms with van der Waals surface area (Å²) in [7, 11) is 0. The van der Waals surface area contributed by atoms with E-state index in [0.717, 1.165) is 6.42 Å². The number of aliphatic hydroxyl groups excluding tert-OH is 1. The molecule has 0 saturated carbocycles. The van der Waals surface area contributed by atoms with Crippen LogP contribution in [0.25, 0.3) is 0 Å². The third-order valence-corrected chi connectivity index (χ3v) is 2.33. The minimum Gasteiger partial charge on any atom is -0.383 e. The first-order chi connectivity index (χ1) is 6.07. The van der Waals surface area contributed by atoms with Gasteiger partial charge in [0.1, 0.15) is 6.10 Å². The van der Waals surface area contributed by atoms with Crippen molar-refractivity contribution < 1.29 is 14.6 Å². The van der Waals surface area contributed by atoms with Gasteiger partial charge in [-0.05, 0) is 19.8 Å². The van der Waals surface area contributed by atoms with Crippen molar-refractivity contribution in [1.82, 2.24) is 5.32 Å². The molecule has 0 radical (unpaired) electrons. The number of carbonyl (C=O) groups excluding carboxylic acids is 1. The first-order valence-corrected chi connectivity index (χ1v) is 4.65. The Hall–Kier alpha value is -0.610. The van der Waals surface area contributed by atoms with Gasteiger partial charge in [-0.25, -0.2) is 0 Å². The number of amides is 1. The Bertz CT molecular complexity index is 187. The lowest BCUT2D eigenvalue weighted by molar-refractivity contribution is -0.131. The Morgan fingerprint density at radius 2 is 2.46 bits per heavy atom. The van der Waals surface area contributed by atoms with E-state index in [-0.39, 0.29) is 11.4 Å². The monoisotopic (exact) mass is 187 g/mol. The van der Waals surface area contributed by atoms with E-state index in [1.807, 2.05) is 6.92 Å². The highest BCUT2D eigenvalue weighted by Crippen LogP contribution is 2.17. The first-order valence-electron chi connectivity index (χ1n) is 4.65. The van der Waals surface area contributed by atoms with Gasteiger partial charge in [-0.3, -0.25) is 4.79 Å². The molecule has 2 unspecified atom stereocenters. The van der Waals surface area contributed by atoms with Gasteiger partial charge in [-0.15, -0.1) is 0 Å². The molecule has 4 heteroatoms. The summed E-state index contributed by atoms with van der Waals surface area (Å²) in [5.41, 5.74) is -0.284. The van der Waals surface area contributed by atoms with E-state index >= 15 is 0 Å². The fourth-order valence-corrected chi connectivity index (χ4v) is 1.33. The topological polar surface area (TPSA) is 58.6 Å². The normalized spacial score (nSPS) is 30.1. The van der Waals surface area contributed by atoms with Crippen molar-refractivity contribution in [2.24, 2.45) is 0 Å². The van der Waals surface area contributed by atoms with Gasteiger partial charge in [-0.1, -0.05) is 6.92 Å². The molecule has 0 aliphatic carbocycles. The highest BCUT2D eigenvalue weighted by molar-refractivity contribution is 5.81. The summed E-state index contributed by atoms with van der Waals surface area (Å²) >= 11 is 0. The number of hydrogen-bond donors (Lipinski definition) is 2. The van der Waals surface area contributed by atoms with Crippen molar-refractivity contribution in [1.29, 1.82) is 0 Å². The van der Waals surface area contributed by atoms with Crippen LogP contribution in [0.5, 0.6) is 0 Å². The van der Waals surface area contributed by atoms with Gasteiger partial charge in [0.2, 0.25) is 5.91 Å². The molecule has 0 aromatic rings. The number of nitrogens with one attached hydrogen (secondary N) is 1. The number of hydrogen-bond acceptors (Lipinski definition) is 3. The third kappa shape index (κ3) is 2.67. The van der Waals surface area contributed by atoms with Gasteiger partial charge < -0.3 is 15.2 Å². The van der Waals surface area contributed by atoms with Crippen molar-refractivity contribution in [3.63, 3.8) is 0 Å². The van der Waals surface area contributed by atoms with Crippen molar-refractivity contribution in [2.75, 3.05) is 13.2 Å². The second-order valence-corrected chi connectivity index (χ2v) is 3.78. The van der Waals surface area contributed by atoms with Crippen LogP contribution < -0.4 is 5.32 Å². The Morgan fingerprint density at radius 3 is 2.92 bits per heavy atom. The van der Waals surface area contributed by atoms with E-state index in [1.165, 1.54) is 0 Å². The predicted octanol–water partition coefficient (Wildman–Crippen LogP) is 0.0525. The summed E-state index contributed by atoms with van der Waals surface area (Å²) in [5.74, 6) is -0.296. The highest BCUT2D eigenvalue weighted by Gasteiger charge is 2.32. The van der Waals surface area contributed by atoms with Crippen LogP contribution in [0.4, 0.5) is 0 Å². The largest absolute Gasteiger partial charge is 0.383 e. The van der Waals surface area contributed by atoms with Gasteiger partial charge in [0.05, 0.1) is 12.1 Å². The zero-order valence-electron chi connectivity index (χ0n) is 8.17. The zero-order valence-corrected chi connectivity index (χ0v) is 8.17. The molecule has 1 heterocycles. The van der Waals surface area contributed by atoms with E-state index in [4.69, 9.17) is 4.74 Å². The zero-order chi connectivity index (χ0) is 9.90. The van der Waals surface area contributed by atoms with Crippen LogP contribution in [0.3, 0.4) is 0 Å². The van der Waals surface area contributed by atoms with Gasteiger partial charge in [0.25, 0.3) is 0 Å². The second kappa shape index (κ2) is 4.07. The average molecular weight is 187 g/mol. The Kier molecular flexibility index (Phi) is 3.27. The summed E-state index contributed by atoms with van der Waals surface area (Å²) in [4.78, 5) is 11.3. The summed E-state index contributed by atoms with van der Waals surface area (Å²) in [6, 6.07) is 0. The molecule has 1 amide bonds. The maximum atomic E-state index is 11.3. The molecule has 13 heavy (non-hydrogen) atoms. The fraction of sp³-hybridized carbons (Fsp3) is 0.889. The van der Waals surface area contributed by atoms with Crippen LogP contribution in [0.2, 0.25) is 0 Å². The summed E-state index contributed by atoms with van der Waals surface area (Å²) < 4.78 is 5.18. The van der Waals surface area contributed by atoms with Crippen LogP contribution in [0, 0.1) is 0 Å². The molecule has 0 spiro atoms. The molecule has 2 N–H and O–H groups in total. The average Bonchev–Trinajstić information content (AvgIpc) is 2.50. The maximum absolute atomic E-state index is 11.3. The number of rotatable bonds is 3. The van der Waals surface area contributed by atoms with Crippen LogP contribution in [-0.2, 0) is 9.53 Å². The van der Waals surface area contributed by atoms with E-state index < -0.39 is 6.10 Å². The first kappa shape index (κ1) is 10.5. The molecule has 76 valence electrons. The molecule has 4 nitrogen and oxygen atoms in total. The minimum absolute atomic E-state index is 0.284. The molecule has 0 aromatic heterocycles. The Labute approximate surface area is 78.3 Å². The van der Waals surface area contributed by atoms with E-state index in [2.05, 4.69) is 5.32 Å². The van der Waals surface area contributed by atoms with Crippen molar-refractivity contribution >= 4 is 5.91 Å². The molecular formula is C9H17NO3. The molecule has 0 bridgehead atoms. The lowest BCUT2D eigenvalue weighted by atomic mass is 10.0. The number of carbonyl (C=O) groups is 1. The maximum Gasteiger partial charge on any atom is 0.249 e. The molecule has 0 aromatic carbocycles. The lowest BCUT2D eigenvalue weighted by Gasteiger charge is -2.24. The number of ether oxygens (including phenoxy) is 1. The molecular weight excluding hydrogens is 170 g/mol. The SMILES string of the molecule is CCC(O)C(=O)NC1(C)CCOC1. The van der Waals surface area contributed by atoms with Crippen LogP contribution >= 0.6 is 0 Å². The van der Waals surface area contributed by atoms with E-state index in [9.17, 15) is 9.90 Å². The third-order valence-electron chi connectivity index (χ3n) is 2.33. The Balaban J connectivity index is 2.43. The van der Waals surface area contributed by atoms with Crippen LogP contribution in [0.1, 0.15) is 26.7 Å². The van der Waals surface area contributed by atoms with Crippen molar-refractivity contribution in [3.8, 4) is 0 Å². The van der Waals surface area contributed by atoms with E-state index in [0.29, 0.717) is 19.6 Å². The standard InChI is InChI=1S/C9H17NO3/c1-3-7(11)8(12)10-9(2)4-5-13-6-9/h7,11H,3-6H2,1-2H3,(H,10,12). The summed E-state index contributed by atoms with van der Waals surface area (Å²) in [6.07, 6.45) is 0.371. The molecule has 2 atom stereocenters. The fourth-order valence-electron chi connectivity index (χ4n) is 1.33. The predicted molar refractivity (Wildman–Crippen MR) is 48.3 cm³/mol. The van der Waals surface area contributed by atoms with Crippen molar-refractivity contribution in [3.05, 3.63) is 0 Å². The van der Waals surface area contributed by atoms with E-state index in [1.54, 1.807) is 6.92 Å². The quantitative estimate of drug-likeness (QED) is 0.656. The highest BCUT2D eigenvalue weighted by atomic mass is 16.5. The van der Waals surface area contributed by atoms with Gasteiger partial charge in [0, 0.05) is 6.61 Å². The molecule has 1 saturated heterocycles. The molecule has 1 aliphatic rings. The van der Waals surface area contributed by atoms with Crippen LogP contribution in [-0.4, -0.2) is 35.9 Å². The minimum atomic E-state index is -0.891. The molecule has 1 aliphatic heterocycles. The van der Waals surface area contributed by atoms with Crippen molar-refractivity contribution in [2.45, 2.75) is 38.3 Å². The van der Waals surface area contributed by atoms with Crippen LogP contribution in [0.15, 0.2) is 0 Å².